The molecule has 0 atom stereocenters. The van der Waals surface area contributed by atoms with Crippen molar-refractivity contribution < 1.29 is 4.79 Å². The summed E-state index contributed by atoms with van der Waals surface area (Å²) in [4.78, 5) is 13.1. The molecule has 3 rings (SSSR count). The summed E-state index contributed by atoms with van der Waals surface area (Å²) in [5.74, 6) is 0.0624. The summed E-state index contributed by atoms with van der Waals surface area (Å²) in [6, 6.07) is 16.7. The zero-order chi connectivity index (χ0) is 14.1. The van der Waals surface area contributed by atoms with Crippen molar-refractivity contribution in [2.24, 2.45) is 5.73 Å². The van der Waals surface area contributed by atoms with Crippen molar-refractivity contribution in [2.75, 3.05) is 0 Å². The van der Waals surface area contributed by atoms with E-state index in [4.69, 9.17) is 11.1 Å². The maximum absolute atomic E-state index is 12.4. The van der Waals surface area contributed by atoms with Crippen molar-refractivity contribution in [3.63, 3.8) is 0 Å². The second-order valence-corrected chi connectivity index (χ2v) is 5.56. The number of nitrogen functional groups attached to an aromatic ring is 1. The minimum absolute atomic E-state index is 0.00488. The van der Waals surface area contributed by atoms with Crippen molar-refractivity contribution >= 4 is 33.0 Å². The molecule has 0 fully saturated rings. The molecule has 0 bridgehead atoms. The number of benzene rings is 2. The third-order valence-electron chi connectivity index (χ3n) is 3.08. The van der Waals surface area contributed by atoms with Gasteiger partial charge in [-0.1, -0.05) is 42.5 Å². The number of rotatable bonds is 3. The van der Waals surface area contributed by atoms with Gasteiger partial charge in [-0.3, -0.25) is 10.2 Å². The molecule has 0 aliphatic carbocycles. The van der Waals surface area contributed by atoms with Crippen LogP contribution < -0.4 is 5.73 Å². The number of nitrogens with two attached hydrogens (primary N) is 1. The SMILES string of the molecule is N=C(N)c1cc2ccc(C(=O)c3ccccc3)cc2s1. The van der Waals surface area contributed by atoms with E-state index < -0.39 is 0 Å². The van der Waals surface area contributed by atoms with Gasteiger partial charge in [0.15, 0.2) is 5.78 Å². The van der Waals surface area contributed by atoms with Gasteiger partial charge >= 0.3 is 0 Å². The average Bonchev–Trinajstić information content (AvgIpc) is 2.90. The first-order valence-electron chi connectivity index (χ1n) is 6.13. The Labute approximate surface area is 120 Å². The van der Waals surface area contributed by atoms with Gasteiger partial charge in [0.25, 0.3) is 0 Å². The highest BCUT2D eigenvalue weighted by atomic mass is 32.1. The smallest absolute Gasteiger partial charge is 0.193 e. The van der Waals surface area contributed by atoms with Crippen LogP contribution in [0.15, 0.2) is 54.6 Å². The van der Waals surface area contributed by atoms with E-state index in [1.807, 2.05) is 54.6 Å². The van der Waals surface area contributed by atoms with Gasteiger partial charge in [0, 0.05) is 15.8 Å². The number of hydrogen-bond acceptors (Lipinski definition) is 3. The lowest BCUT2D eigenvalue weighted by Gasteiger charge is -2.01. The second kappa shape index (κ2) is 4.90. The lowest BCUT2D eigenvalue weighted by Crippen LogP contribution is -2.08. The molecule has 1 aromatic heterocycles. The summed E-state index contributed by atoms with van der Waals surface area (Å²) in [6.45, 7) is 0. The van der Waals surface area contributed by atoms with Crippen molar-refractivity contribution in [3.8, 4) is 0 Å². The molecule has 0 unspecified atom stereocenters. The number of carbonyl (C=O) groups is 1. The monoisotopic (exact) mass is 280 g/mol. The fourth-order valence-corrected chi connectivity index (χ4v) is 3.02. The van der Waals surface area contributed by atoms with Crippen LogP contribution in [0.25, 0.3) is 10.1 Å². The highest BCUT2D eigenvalue weighted by Gasteiger charge is 2.11. The first kappa shape index (κ1) is 12.6. The van der Waals surface area contributed by atoms with Gasteiger partial charge in [-0.2, -0.15) is 0 Å². The molecule has 0 saturated carbocycles. The minimum Gasteiger partial charge on any atom is -0.383 e. The van der Waals surface area contributed by atoms with Gasteiger partial charge in [0.1, 0.15) is 5.84 Å². The van der Waals surface area contributed by atoms with Gasteiger partial charge in [0.05, 0.1) is 4.88 Å². The predicted octanol–water partition coefficient (Wildman–Crippen LogP) is 3.42. The molecule has 0 radical (unpaired) electrons. The molecule has 4 heteroatoms. The molecule has 0 aliphatic heterocycles. The van der Waals surface area contributed by atoms with E-state index >= 15 is 0 Å². The number of hydrogen-bond donors (Lipinski definition) is 2. The van der Waals surface area contributed by atoms with E-state index in [0.29, 0.717) is 11.1 Å². The lowest BCUT2D eigenvalue weighted by molar-refractivity contribution is 0.103. The van der Waals surface area contributed by atoms with Crippen molar-refractivity contribution in [1.29, 1.82) is 5.41 Å². The van der Waals surface area contributed by atoms with Gasteiger partial charge < -0.3 is 5.73 Å². The number of nitrogens with one attached hydrogen (secondary N) is 1. The second-order valence-electron chi connectivity index (χ2n) is 4.47. The Balaban J connectivity index is 2.05. The topological polar surface area (TPSA) is 66.9 Å². The van der Waals surface area contributed by atoms with Crippen LogP contribution in [0.3, 0.4) is 0 Å². The molecule has 1 heterocycles. The highest BCUT2D eigenvalue weighted by molar-refractivity contribution is 7.20. The Morgan fingerprint density at radius 2 is 1.75 bits per heavy atom. The van der Waals surface area contributed by atoms with Gasteiger partial charge in [-0.05, 0) is 17.5 Å². The molecule has 20 heavy (non-hydrogen) atoms. The lowest BCUT2D eigenvalue weighted by atomic mass is 10.0. The quantitative estimate of drug-likeness (QED) is 0.438. The molecule has 0 spiro atoms. The van der Waals surface area contributed by atoms with Gasteiger partial charge in [-0.15, -0.1) is 11.3 Å². The minimum atomic E-state index is 0.00488. The Morgan fingerprint density at radius 3 is 2.45 bits per heavy atom. The van der Waals surface area contributed by atoms with Gasteiger partial charge in [-0.25, -0.2) is 0 Å². The number of ketones is 1. The summed E-state index contributed by atoms with van der Waals surface area (Å²) in [5, 5.41) is 8.47. The summed E-state index contributed by atoms with van der Waals surface area (Å²) < 4.78 is 0.969. The van der Waals surface area contributed by atoms with Crippen LogP contribution in [0.5, 0.6) is 0 Å². The van der Waals surface area contributed by atoms with Crippen LogP contribution in [-0.2, 0) is 0 Å². The molecule has 2 aromatic carbocycles. The molecule has 98 valence electrons. The molecular weight excluding hydrogens is 268 g/mol. The molecule has 0 saturated heterocycles. The Bertz CT molecular complexity index is 806. The van der Waals surface area contributed by atoms with E-state index in [-0.39, 0.29) is 11.6 Å². The fraction of sp³-hybridized carbons (Fsp3) is 0. The molecular formula is C16H12N2OS. The molecule has 0 amide bonds. The van der Waals surface area contributed by atoms with Crippen LogP contribution in [-0.4, -0.2) is 11.6 Å². The van der Waals surface area contributed by atoms with E-state index in [0.717, 1.165) is 15.0 Å². The Kier molecular flexibility index (Phi) is 3.08. The van der Waals surface area contributed by atoms with Crippen molar-refractivity contribution in [3.05, 3.63) is 70.6 Å². The van der Waals surface area contributed by atoms with Crippen molar-refractivity contribution in [1.82, 2.24) is 0 Å². The summed E-state index contributed by atoms with van der Waals surface area (Å²) in [7, 11) is 0. The Morgan fingerprint density at radius 1 is 1.00 bits per heavy atom. The third kappa shape index (κ3) is 2.21. The summed E-state index contributed by atoms with van der Waals surface area (Å²) in [6.07, 6.45) is 0. The maximum Gasteiger partial charge on any atom is 0.193 e. The first-order chi connectivity index (χ1) is 9.65. The third-order valence-corrected chi connectivity index (χ3v) is 4.21. The van der Waals surface area contributed by atoms with E-state index in [1.54, 1.807) is 0 Å². The number of carbonyl (C=O) groups excluding carboxylic acids is 1. The zero-order valence-corrected chi connectivity index (χ0v) is 11.4. The van der Waals surface area contributed by atoms with Crippen LogP contribution in [0, 0.1) is 5.41 Å². The zero-order valence-electron chi connectivity index (χ0n) is 10.6. The van der Waals surface area contributed by atoms with E-state index in [9.17, 15) is 4.79 Å². The first-order valence-corrected chi connectivity index (χ1v) is 6.94. The fourth-order valence-electron chi connectivity index (χ4n) is 2.06. The van der Waals surface area contributed by atoms with Gasteiger partial charge in [0.2, 0.25) is 0 Å². The highest BCUT2D eigenvalue weighted by Crippen LogP contribution is 2.27. The summed E-state index contributed by atoms with van der Waals surface area (Å²) >= 11 is 1.43. The molecule has 3 nitrogen and oxygen atoms in total. The molecule has 3 N–H and O–H groups in total. The standard InChI is InChI=1S/C16H12N2OS/c17-16(18)14-8-11-6-7-12(9-13(11)20-14)15(19)10-4-2-1-3-5-10/h1-9H,(H3,17,18). The van der Waals surface area contributed by atoms with Crippen LogP contribution >= 0.6 is 11.3 Å². The number of fused-ring (bicyclic) bond motifs is 1. The van der Waals surface area contributed by atoms with E-state index in [1.165, 1.54) is 11.3 Å². The van der Waals surface area contributed by atoms with Crippen molar-refractivity contribution in [2.45, 2.75) is 0 Å². The normalized spacial score (nSPS) is 10.6. The molecule has 0 aliphatic rings. The average molecular weight is 280 g/mol. The van der Waals surface area contributed by atoms with Crippen LogP contribution in [0.1, 0.15) is 20.8 Å². The Hall–Kier alpha value is -2.46. The van der Waals surface area contributed by atoms with Crippen LogP contribution in [0.4, 0.5) is 0 Å². The summed E-state index contributed by atoms with van der Waals surface area (Å²) in [5.41, 5.74) is 6.82. The maximum atomic E-state index is 12.4. The predicted molar refractivity (Wildman–Crippen MR) is 82.7 cm³/mol. The van der Waals surface area contributed by atoms with E-state index in [2.05, 4.69) is 0 Å². The number of thiophene rings is 1. The molecule has 3 aromatic rings. The number of amidine groups is 1. The van der Waals surface area contributed by atoms with Crippen LogP contribution in [0.2, 0.25) is 0 Å². The largest absolute Gasteiger partial charge is 0.383 e.